The molecular weight excluding hydrogens is 314 g/mol. The molecule has 3 rings (SSSR count). The van der Waals surface area contributed by atoms with Crippen LogP contribution in [-0.2, 0) is 6.42 Å². The van der Waals surface area contributed by atoms with Crippen molar-refractivity contribution in [1.82, 2.24) is 9.38 Å². The van der Waals surface area contributed by atoms with Gasteiger partial charge in [-0.1, -0.05) is 18.5 Å². The molecule has 0 radical (unpaired) electrons. The maximum absolute atomic E-state index is 12.7. The molecule has 0 fully saturated rings. The highest BCUT2D eigenvalue weighted by atomic mass is 35.5. The molecule has 0 spiro atoms. The summed E-state index contributed by atoms with van der Waals surface area (Å²) in [5.74, 6) is -0.0790. The average molecular weight is 330 g/mol. The molecule has 2 N–H and O–H groups in total. The van der Waals surface area contributed by atoms with Crippen molar-refractivity contribution < 1.29 is 9.90 Å². The van der Waals surface area contributed by atoms with Crippen LogP contribution < -0.4 is 5.32 Å². The van der Waals surface area contributed by atoms with Crippen LogP contribution in [0.15, 0.2) is 36.5 Å². The van der Waals surface area contributed by atoms with Crippen molar-refractivity contribution in [3.63, 3.8) is 0 Å². The SMILES string of the molecule is CCc1nc2cc(Cl)ccn2c1C(=O)Nc1ccc(O)cc1C. The number of rotatable bonds is 3. The Bertz CT molecular complexity index is 902. The third kappa shape index (κ3) is 2.87. The zero-order valence-corrected chi connectivity index (χ0v) is 13.6. The second kappa shape index (κ2) is 5.93. The fourth-order valence-electron chi connectivity index (χ4n) is 2.53. The summed E-state index contributed by atoms with van der Waals surface area (Å²) < 4.78 is 1.73. The van der Waals surface area contributed by atoms with E-state index in [4.69, 9.17) is 11.6 Å². The minimum absolute atomic E-state index is 0.166. The summed E-state index contributed by atoms with van der Waals surface area (Å²) in [6, 6.07) is 8.26. The van der Waals surface area contributed by atoms with Gasteiger partial charge in [0.15, 0.2) is 0 Å². The Hall–Kier alpha value is -2.53. The molecule has 1 amide bonds. The molecule has 3 aromatic rings. The highest BCUT2D eigenvalue weighted by Crippen LogP contribution is 2.23. The molecule has 2 heterocycles. The minimum atomic E-state index is -0.245. The first-order valence-corrected chi connectivity index (χ1v) is 7.65. The number of carbonyl (C=O) groups excluding carboxylic acids is 1. The first-order chi connectivity index (χ1) is 11.0. The van der Waals surface area contributed by atoms with Gasteiger partial charge < -0.3 is 10.4 Å². The number of hydrogen-bond acceptors (Lipinski definition) is 3. The van der Waals surface area contributed by atoms with Crippen molar-refractivity contribution in [3.8, 4) is 5.75 Å². The maximum Gasteiger partial charge on any atom is 0.274 e. The van der Waals surface area contributed by atoms with Gasteiger partial charge in [-0.2, -0.15) is 0 Å². The maximum atomic E-state index is 12.7. The lowest BCUT2D eigenvalue weighted by molar-refractivity contribution is 0.102. The van der Waals surface area contributed by atoms with Crippen LogP contribution in [0.5, 0.6) is 5.75 Å². The number of phenols is 1. The van der Waals surface area contributed by atoms with Crippen LogP contribution in [0.25, 0.3) is 5.65 Å². The first-order valence-electron chi connectivity index (χ1n) is 7.27. The molecule has 118 valence electrons. The van der Waals surface area contributed by atoms with Crippen molar-refractivity contribution in [3.05, 3.63) is 58.5 Å². The van der Waals surface area contributed by atoms with Crippen LogP contribution in [0.1, 0.15) is 28.7 Å². The van der Waals surface area contributed by atoms with Gasteiger partial charge in [0.05, 0.1) is 5.69 Å². The number of carbonyl (C=O) groups is 1. The molecule has 0 aliphatic rings. The van der Waals surface area contributed by atoms with E-state index < -0.39 is 0 Å². The highest BCUT2D eigenvalue weighted by molar-refractivity contribution is 6.30. The highest BCUT2D eigenvalue weighted by Gasteiger charge is 2.19. The molecular formula is C17H16ClN3O2. The van der Waals surface area contributed by atoms with Crippen LogP contribution >= 0.6 is 11.6 Å². The Morgan fingerprint density at radius 2 is 2.13 bits per heavy atom. The fourth-order valence-corrected chi connectivity index (χ4v) is 2.68. The number of amides is 1. The molecule has 2 aromatic heterocycles. The number of pyridine rings is 1. The van der Waals surface area contributed by atoms with Crippen molar-refractivity contribution in [2.24, 2.45) is 0 Å². The number of phenolic OH excluding ortho intramolecular Hbond substituents is 1. The second-order valence-corrected chi connectivity index (χ2v) is 5.72. The fraction of sp³-hybridized carbons (Fsp3) is 0.176. The summed E-state index contributed by atoms with van der Waals surface area (Å²) in [5, 5.41) is 12.9. The molecule has 6 heteroatoms. The number of benzene rings is 1. The molecule has 5 nitrogen and oxygen atoms in total. The number of nitrogens with zero attached hydrogens (tertiary/aromatic N) is 2. The van der Waals surface area contributed by atoms with Gasteiger partial charge in [0.2, 0.25) is 0 Å². The molecule has 0 saturated carbocycles. The average Bonchev–Trinajstić information content (AvgIpc) is 2.87. The molecule has 0 aliphatic heterocycles. The van der Waals surface area contributed by atoms with Gasteiger partial charge in [-0.15, -0.1) is 0 Å². The van der Waals surface area contributed by atoms with Crippen LogP contribution in [0, 0.1) is 6.92 Å². The largest absolute Gasteiger partial charge is 0.508 e. The summed E-state index contributed by atoms with van der Waals surface area (Å²) >= 11 is 5.99. The number of nitrogens with one attached hydrogen (secondary N) is 1. The third-order valence-electron chi connectivity index (χ3n) is 3.67. The summed E-state index contributed by atoms with van der Waals surface area (Å²) in [5.41, 5.74) is 3.28. The number of hydrogen-bond donors (Lipinski definition) is 2. The van der Waals surface area contributed by atoms with E-state index in [9.17, 15) is 9.90 Å². The van der Waals surface area contributed by atoms with Gasteiger partial charge >= 0.3 is 0 Å². The number of anilines is 1. The van der Waals surface area contributed by atoms with E-state index in [-0.39, 0.29) is 11.7 Å². The van der Waals surface area contributed by atoms with Crippen molar-refractivity contribution in [1.29, 1.82) is 0 Å². The number of halogens is 1. The van der Waals surface area contributed by atoms with Gasteiger partial charge in [0, 0.05) is 23.0 Å². The van der Waals surface area contributed by atoms with Crippen LogP contribution in [0.4, 0.5) is 5.69 Å². The zero-order chi connectivity index (χ0) is 16.6. The van der Waals surface area contributed by atoms with Gasteiger partial charge in [-0.05, 0) is 43.2 Å². The van der Waals surface area contributed by atoms with E-state index in [0.717, 1.165) is 5.56 Å². The van der Waals surface area contributed by atoms with E-state index >= 15 is 0 Å². The Balaban J connectivity index is 2.03. The van der Waals surface area contributed by atoms with E-state index in [2.05, 4.69) is 10.3 Å². The molecule has 0 atom stereocenters. The lowest BCUT2D eigenvalue weighted by atomic mass is 10.2. The summed E-state index contributed by atoms with van der Waals surface area (Å²) in [6.07, 6.45) is 2.37. The Labute approximate surface area is 138 Å². The summed E-state index contributed by atoms with van der Waals surface area (Å²) in [7, 11) is 0. The zero-order valence-electron chi connectivity index (χ0n) is 12.8. The van der Waals surface area contributed by atoms with Gasteiger partial charge in [0.25, 0.3) is 5.91 Å². The second-order valence-electron chi connectivity index (χ2n) is 5.29. The topological polar surface area (TPSA) is 66.6 Å². The number of aryl methyl sites for hydroxylation is 2. The van der Waals surface area contributed by atoms with Crippen LogP contribution in [0.2, 0.25) is 5.02 Å². The summed E-state index contributed by atoms with van der Waals surface area (Å²) in [6.45, 7) is 3.77. The van der Waals surface area contributed by atoms with Crippen LogP contribution in [0.3, 0.4) is 0 Å². The van der Waals surface area contributed by atoms with Gasteiger partial charge in [0.1, 0.15) is 17.1 Å². The Morgan fingerprint density at radius 3 is 2.83 bits per heavy atom. The Morgan fingerprint density at radius 1 is 1.35 bits per heavy atom. The Kier molecular flexibility index (Phi) is 3.96. The molecule has 23 heavy (non-hydrogen) atoms. The molecule has 0 bridgehead atoms. The van der Waals surface area contributed by atoms with Gasteiger partial charge in [-0.3, -0.25) is 9.20 Å². The monoisotopic (exact) mass is 329 g/mol. The van der Waals surface area contributed by atoms with Crippen LogP contribution in [-0.4, -0.2) is 20.4 Å². The normalized spacial score (nSPS) is 10.9. The predicted molar refractivity (Wildman–Crippen MR) is 90.4 cm³/mol. The van der Waals surface area contributed by atoms with Crippen molar-refractivity contribution >= 4 is 28.8 Å². The van der Waals surface area contributed by atoms with E-state index in [1.54, 1.807) is 34.9 Å². The molecule has 1 aromatic carbocycles. The number of fused-ring (bicyclic) bond motifs is 1. The smallest absolute Gasteiger partial charge is 0.274 e. The number of aromatic nitrogens is 2. The molecule has 0 aliphatic carbocycles. The quantitative estimate of drug-likeness (QED) is 0.718. The number of aromatic hydroxyl groups is 1. The molecule has 0 unspecified atom stereocenters. The lowest BCUT2D eigenvalue weighted by Gasteiger charge is -2.09. The standard InChI is InChI=1S/C17H16ClN3O2/c1-3-13-16(21-7-6-11(18)9-15(21)19-13)17(23)20-14-5-4-12(22)8-10(14)2/h4-9,22H,3H2,1-2H3,(H,20,23). The molecule has 0 saturated heterocycles. The summed E-state index contributed by atoms with van der Waals surface area (Å²) in [4.78, 5) is 17.2. The van der Waals surface area contributed by atoms with E-state index in [0.29, 0.717) is 34.2 Å². The predicted octanol–water partition coefficient (Wildman–Crippen LogP) is 3.82. The first kappa shape index (κ1) is 15.4. The minimum Gasteiger partial charge on any atom is -0.508 e. The van der Waals surface area contributed by atoms with Crippen molar-refractivity contribution in [2.45, 2.75) is 20.3 Å². The van der Waals surface area contributed by atoms with Gasteiger partial charge in [-0.25, -0.2) is 4.98 Å². The van der Waals surface area contributed by atoms with E-state index in [1.807, 2.05) is 13.8 Å². The van der Waals surface area contributed by atoms with Crippen molar-refractivity contribution in [2.75, 3.05) is 5.32 Å². The lowest BCUT2D eigenvalue weighted by Crippen LogP contribution is -2.16. The third-order valence-corrected chi connectivity index (χ3v) is 3.90. The van der Waals surface area contributed by atoms with E-state index in [1.165, 1.54) is 6.07 Å². The number of imidazole rings is 1.